The minimum Gasteiger partial charge on any atom is -0.361 e. The second-order valence-electron chi connectivity index (χ2n) is 5.11. The number of nitrogens with one attached hydrogen (secondary N) is 2. The average Bonchev–Trinajstić information content (AvgIpc) is 2.94. The zero-order chi connectivity index (χ0) is 16.4. The molecule has 0 unspecified atom stereocenters. The highest BCUT2D eigenvalue weighted by Crippen LogP contribution is 2.20. The summed E-state index contributed by atoms with van der Waals surface area (Å²) in [7, 11) is 0. The van der Waals surface area contributed by atoms with Crippen LogP contribution in [0.3, 0.4) is 0 Å². The van der Waals surface area contributed by atoms with Gasteiger partial charge in [0.2, 0.25) is 0 Å². The molecule has 0 saturated carbocycles. The molecule has 2 aromatic carbocycles. The predicted molar refractivity (Wildman–Crippen MR) is 85.7 cm³/mol. The zero-order valence-corrected chi connectivity index (χ0v) is 12.8. The van der Waals surface area contributed by atoms with Crippen LogP contribution in [0.5, 0.6) is 0 Å². The molecule has 0 aliphatic carbocycles. The number of hydrogen-bond donors (Lipinski definition) is 2. The Bertz CT molecular complexity index is 876. The SMILES string of the molecule is O=C(NCCc1c[nH]c2ccccc12)c1cc(F)c(F)cc1Cl. The molecule has 1 amide bonds. The van der Waals surface area contributed by atoms with Gasteiger partial charge in [-0.1, -0.05) is 29.8 Å². The van der Waals surface area contributed by atoms with Crippen LogP contribution in [-0.2, 0) is 6.42 Å². The summed E-state index contributed by atoms with van der Waals surface area (Å²) in [6.07, 6.45) is 2.50. The number of fused-ring (bicyclic) bond motifs is 1. The molecule has 0 bridgehead atoms. The van der Waals surface area contributed by atoms with E-state index in [1.165, 1.54) is 0 Å². The van der Waals surface area contributed by atoms with Crippen molar-refractivity contribution >= 4 is 28.4 Å². The maximum absolute atomic E-state index is 13.2. The molecule has 1 heterocycles. The molecule has 6 heteroatoms. The van der Waals surface area contributed by atoms with Gasteiger partial charge in [-0.15, -0.1) is 0 Å². The second-order valence-corrected chi connectivity index (χ2v) is 5.52. The maximum Gasteiger partial charge on any atom is 0.252 e. The van der Waals surface area contributed by atoms with Crippen LogP contribution in [0.1, 0.15) is 15.9 Å². The summed E-state index contributed by atoms with van der Waals surface area (Å²) >= 11 is 5.78. The minimum atomic E-state index is -1.10. The number of benzene rings is 2. The molecule has 0 atom stereocenters. The van der Waals surface area contributed by atoms with Crippen LogP contribution in [0.15, 0.2) is 42.6 Å². The van der Waals surface area contributed by atoms with Gasteiger partial charge >= 0.3 is 0 Å². The monoisotopic (exact) mass is 334 g/mol. The third kappa shape index (κ3) is 3.19. The van der Waals surface area contributed by atoms with Crippen molar-refractivity contribution in [2.45, 2.75) is 6.42 Å². The number of carbonyl (C=O) groups excluding carboxylic acids is 1. The number of amides is 1. The first-order chi connectivity index (χ1) is 11.1. The van der Waals surface area contributed by atoms with Crippen molar-refractivity contribution in [3.05, 3.63) is 70.4 Å². The molecule has 0 aliphatic heterocycles. The lowest BCUT2D eigenvalue weighted by Crippen LogP contribution is -2.26. The van der Waals surface area contributed by atoms with Crippen LogP contribution in [0.2, 0.25) is 5.02 Å². The average molecular weight is 335 g/mol. The van der Waals surface area contributed by atoms with E-state index in [1.54, 1.807) is 0 Å². The first-order valence-corrected chi connectivity index (χ1v) is 7.42. The largest absolute Gasteiger partial charge is 0.361 e. The highest BCUT2D eigenvalue weighted by atomic mass is 35.5. The van der Waals surface area contributed by atoms with Crippen LogP contribution in [0.25, 0.3) is 10.9 Å². The lowest BCUT2D eigenvalue weighted by molar-refractivity contribution is 0.0953. The first-order valence-electron chi connectivity index (χ1n) is 7.04. The third-order valence-corrected chi connectivity index (χ3v) is 3.92. The Morgan fingerprint density at radius 2 is 1.91 bits per heavy atom. The Hall–Kier alpha value is -2.40. The number of aromatic amines is 1. The summed E-state index contributed by atoms with van der Waals surface area (Å²) in [6, 6.07) is 9.45. The van der Waals surface area contributed by atoms with E-state index in [-0.39, 0.29) is 10.6 Å². The second kappa shape index (κ2) is 6.38. The highest BCUT2D eigenvalue weighted by molar-refractivity contribution is 6.33. The van der Waals surface area contributed by atoms with E-state index in [9.17, 15) is 13.6 Å². The number of carbonyl (C=O) groups is 1. The number of H-pyrrole nitrogens is 1. The van der Waals surface area contributed by atoms with Crippen LogP contribution in [0.4, 0.5) is 8.78 Å². The van der Waals surface area contributed by atoms with Gasteiger partial charge in [0.1, 0.15) is 0 Å². The lowest BCUT2D eigenvalue weighted by atomic mass is 10.1. The van der Waals surface area contributed by atoms with E-state index < -0.39 is 17.5 Å². The maximum atomic E-state index is 13.2. The normalized spacial score (nSPS) is 10.9. The molecule has 0 fully saturated rings. The summed E-state index contributed by atoms with van der Waals surface area (Å²) in [5, 5.41) is 3.64. The van der Waals surface area contributed by atoms with E-state index in [4.69, 9.17) is 11.6 Å². The van der Waals surface area contributed by atoms with Crippen molar-refractivity contribution in [3.63, 3.8) is 0 Å². The van der Waals surface area contributed by atoms with E-state index in [1.807, 2.05) is 30.5 Å². The molecule has 0 saturated heterocycles. The Kier molecular flexibility index (Phi) is 4.30. The van der Waals surface area contributed by atoms with Gasteiger partial charge in [-0.3, -0.25) is 4.79 Å². The van der Waals surface area contributed by atoms with Gasteiger partial charge in [0.15, 0.2) is 11.6 Å². The van der Waals surface area contributed by atoms with Crippen molar-refractivity contribution in [1.82, 2.24) is 10.3 Å². The lowest BCUT2D eigenvalue weighted by Gasteiger charge is -2.07. The summed E-state index contributed by atoms with van der Waals surface area (Å²) in [6.45, 7) is 0.357. The van der Waals surface area contributed by atoms with Gasteiger partial charge in [-0.25, -0.2) is 8.78 Å². The molecule has 2 N–H and O–H groups in total. The number of para-hydroxylation sites is 1. The van der Waals surface area contributed by atoms with Crippen molar-refractivity contribution in [2.75, 3.05) is 6.54 Å². The first kappa shape index (κ1) is 15.5. The topological polar surface area (TPSA) is 44.9 Å². The summed E-state index contributed by atoms with van der Waals surface area (Å²) < 4.78 is 26.2. The number of aromatic nitrogens is 1. The molecule has 0 radical (unpaired) electrons. The van der Waals surface area contributed by atoms with Crippen LogP contribution < -0.4 is 5.32 Å². The van der Waals surface area contributed by atoms with Gasteiger partial charge < -0.3 is 10.3 Å². The van der Waals surface area contributed by atoms with E-state index >= 15 is 0 Å². The van der Waals surface area contributed by atoms with Gasteiger partial charge in [0.25, 0.3) is 5.91 Å². The smallest absolute Gasteiger partial charge is 0.252 e. The molecule has 0 spiro atoms. The number of rotatable bonds is 4. The van der Waals surface area contributed by atoms with Crippen molar-refractivity contribution in [1.29, 1.82) is 0 Å². The fraction of sp³-hybridized carbons (Fsp3) is 0.118. The summed E-state index contributed by atoms with van der Waals surface area (Å²) in [5.41, 5.74) is 2.01. The van der Waals surface area contributed by atoms with Crippen molar-refractivity contribution in [3.8, 4) is 0 Å². The molecule has 118 valence electrons. The highest BCUT2D eigenvalue weighted by Gasteiger charge is 2.14. The molecular weight excluding hydrogens is 322 g/mol. The van der Waals surface area contributed by atoms with Crippen LogP contribution in [-0.4, -0.2) is 17.4 Å². The van der Waals surface area contributed by atoms with E-state index in [0.717, 1.165) is 28.6 Å². The Labute approximate surface area is 136 Å². The molecular formula is C17H13ClF2N2O. The number of hydrogen-bond acceptors (Lipinski definition) is 1. The molecule has 3 rings (SSSR count). The van der Waals surface area contributed by atoms with Crippen molar-refractivity contribution in [2.24, 2.45) is 0 Å². The van der Waals surface area contributed by atoms with E-state index in [0.29, 0.717) is 13.0 Å². The van der Waals surface area contributed by atoms with Gasteiger partial charge in [-0.2, -0.15) is 0 Å². The van der Waals surface area contributed by atoms with E-state index in [2.05, 4.69) is 10.3 Å². The van der Waals surface area contributed by atoms with Gasteiger partial charge in [0, 0.05) is 23.6 Å². The molecule has 1 aromatic heterocycles. The Morgan fingerprint density at radius 1 is 1.17 bits per heavy atom. The summed E-state index contributed by atoms with van der Waals surface area (Å²) in [4.78, 5) is 15.2. The summed E-state index contributed by atoms with van der Waals surface area (Å²) in [5.74, 6) is -2.71. The van der Waals surface area contributed by atoms with Crippen LogP contribution in [0, 0.1) is 11.6 Å². The standard InChI is InChI=1S/C17H13ClF2N2O/c18-13-8-15(20)14(19)7-12(13)17(23)21-6-5-10-9-22-16-4-2-1-3-11(10)16/h1-4,7-9,22H,5-6H2,(H,21,23). The Morgan fingerprint density at radius 3 is 2.74 bits per heavy atom. The number of halogens is 3. The molecule has 3 nitrogen and oxygen atoms in total. The van der Waals surface area contributed by atoms with Gasteiger partial charge in [0.05, 0.1) is 10.6 Å². The predicted octanol–water partition coefficient (Wildman–Crippen LogP) is 4.07. The fourth-order valence-corrected chi connectivity index (χ4v) is 2.68. The molecule has 3 aromatic rings. The third-order valence-electron chi connectivity index (χ3n) is 3.61. The zero-order valence-electron chi connectivity index (χ0n) is 12.0. The minimum absolute atomic E-state index is 0.0792. The fourth-order valence-electron chi connectivity index (χ4n) is 2.44. The van der Waals surface area contributed by atoms with Gasteiger partial charge in [-0.05, 0) is 30.2 Å². The Balaban J connectivity index is 1.67. The quantitative estimate of drug-likeness (QED) is 0.694. The van der Waals surface area contributed by atoms with Crippen LogP contribution >= 0.6 is 11.6 Å². The van der Waals surface area contributed by atoms with Crippen molar-refractivity contribution < 1.29 is 13.6 Å². The molecule has 0 aliphatic rings. The molecule has 23 heavy (non-hydrogen) atoms.